The maximum Gasteiger partial charge on any atom is 0.397 e. The third kappa shape index (κ3) is 16.0. The number of hydrogen-bond acceptors (Lipinski definition) is 20. The maximum atomic E-state index is 14.6. The van der Waals surface area contributed by atoms with Crippen LogP contribution in [-0.4, -0.2) is 188 Å². The van der Waals surface area contributed by atoms with Gasteiger partial charge in [0.1, 0.15) is 54.9 Å². The molecule has 14 atom stereocenters. The minimum atomic E-state index is -5.36. The van der Waals surface area contributed by atoms with Crippen molar-refractivity contribution in [3.63, 3.8) is 0 Å². The van der Waals surface area contributed by atoms with Gasteiger partial charge in [-0.2, -0.15) is 8.42 Å². The van der Waals surface area contributed by atoms with E-state index >= 15 is 0 Å². The summed E-state index contributed by atoms with van der Waals surface area (Å²) in [6, 6.07) is -2.88. The van der Waals surface area contributed by atoms with Crippen molar-refractivity contribution in [2.45, 2.75) is 177 Å². The molecule has 1 aromatic rings. The maximum absolute atomic E-state index is 14.6. The van der Waals surface area contributed by atoms with Gasteiger partial charge in [-0.15, -0.1) is 0 Å². The van der Waals surface area contributed by atoms with Crippen molar-refractivity contribution in [2.75, 3.05) is 27.2 Å². The highest BCUT2D eigenvalue weighted by Crippen LogP contribution is 2.37. The average Bonchev–Trinajstić information content (AvgIpc) is 3.67. The van der Waals surface area contributed by atoms with Gasteiger partial charge in [0, 0.05) is 45.2 Å². The van der Waals surface area contributed by atoms with Gasteiger partial charge in [0.25, 0.3) is 5.56 Å². The Balaban J connectivity index is 1.65. The van der Waals surface area contributed by atoms with Crippen LogP contribution in [0.15, 0.2) is 21.9 Å². The van der Waals surface area contributed by atoms with Crippen molar-refractivity contribution in [3.05, 3.63) is 33.1 Å². The van der Waals surface area contributed by atoms with Crippen LogP contribution in [0, 0.1) is 5.92 Å². The zero-order chi connectivity index (χ0) is 51.3. The lowest BCUT2D eigenvalue weighted by atomic mass is 9.97. The number of carbonyl (C=O) groups is 5. The highest BCUT2D eigenvalue weighted by Gasteiger charge is 2.58. The van der Waals surface area contributed by atoms with E-state index in [1.54, 1.807) is 6.92 Å². The topological polar surface area (TPSA) is 384 Å². The van der Waals surface area contributed by atoms with Crippen LogP contribution in [0.25, 0.3) is 0 Å². The number of nitrogens with one attached hydrogen (secondary N) is 1. The van der Waals surface area contributed by atoms with Gasteiger partial charge in [-0.05, 0) is 25.8 Å². The lowest BCUT2D eigenvalue weighted by molar-refractivity contribution is -0.230. The lowest BCUT2D eigenvalue weighted by Gasteiger charge is -2.38. The molecule has 0 aromatic carbocycles. The molecule has 392 valence electrons. The van der Waals surface area contributed by atoms with Crippen molar-refractivity contribution in [2.24, 2.45) is 11.7 Å². The van der Waals surface area contributed by atoms with Gasteiger partial charge in [-0.25, -0.2) is 13.8 Å². The number of hydrogen-bond donors (Lipinski definition) is 8. The first-order valence-electron chi connectivity index (χ1n) is 23.0. The van der Waals surface area contributed by atoms with Crippen LogP contribution in [-0.2, 0) is 62.2 Å². The molecule has 69 heavy (non-hydrogen) atoms. The summed E-state index contributed by atoms with van der Waals surface area (Å²) < 4.78 is 67.9. The van der Waals surface area contributed by atoms with Crippen LogP contribution in [0.3, 0.4) is 0 Å². The molecule has 9 N–H and O–H groups in total. The zero-order valence-corrected chi connectivity index (χ0v) is 39.8. The average molecular weight is 1010 g/mol. The summed E-state index contributed by atoms with van der Waals surface area (Å²) in [4.78, 5) is 94.1. The number of aromatic amines is 1. The summed E-state index contributed by atoms with van der Waals surface area (Å²) in [7, 11) is -3.06. The molecule has 0 saturated carbocycles. The van der Waals surface area contributed by atoms with E-state index in [0.717, 1.165) is 75.6 Å². The van der Waals surface area contributed by atoms with Gasteiger partial charge in [-0.3, -0.25) is 43.0 Å². The third-order valence-corrected chi connectivity index (χ3v) is 12.8. The summed E-state index contributed by atoms with van der Waals surface area (Å²) >= 11 is 0. The van der Waals surface area contributed by atoms with E-state index in [-0.39, 0.29) is 19.3 Å². The number of aliphatic carboxylic acids is 2. The molecule has 3 fully saturated rings. The van der Waals surface area contributed by atoms with E-state index in [1.807, 2.05) is 4.98 Å². The number of aliphatic hydroxyl groups excluding tert-OH is 3. The van der Waals surface area contributed by atoms with Gasteiger partial charge in [0.15, 0.2) is 24.7 Å². The number of aliphatic hydroxyl groups is 3. The van der Waals surface area contributed by atoms with Crippen LogP contribution in [0.2, 0.25) is 0 Å². The summed E-state index contributed by atoms with van der Waals surface area (Å²) in [5.74, 6) is -6.27. The Bertz CT molecular complexity index is 2120. The number of H-pyrrole nitrogens is 1. The van der Waals surface area contributed by atoms with Crippen LogP contribution in [0.1, 0.15) is 104 Å². The first-order valence-corrected chi connectivity index (χ1v) is 24.3. The van der Waals surface area contributed by atoms with Crippen molar-refractivity contribution < 1.29 is 90.3 Å². The fourth-order valence-electron chi connectivity index (χ4n) is 8.83. The molecule has 3 saturated heterocycles. The van der Waals surface area contributed by atoms with Crippen LogP contribution in [0.4, 0.5) is 0 Å². The van der Waals surface area contributed by atoms with E-state index in [1.165, 1.54) is 7.05 Å². The molecule has 0 aliphatic carbocycles. The summed E-state index contributed by atoms with van der Waals surface area (Å²) in [5.41, 5.74) is 3.79. The number of likely N-dealkylation sites (N-methyl/N-ethyl adjacent to an activating group) is 2. The smallest absolute Gasteiger partial charge is 0.397 e. The minimum Gasteiger partial charge on any atom is -0.481 e. The van der Waals surface area contributed by atoms with Crippen molar-refractivity contribution in [1.82, 2.24) is 19.4 Å². The minimum absolute atomic E-state index is 0.212. The van der Waals surface area contributed by atoms with E-state index in [9.17, 15) is 72.1 Å². The Morgan fingerprint density at radius 1 is 0.899 bits per heavy atom. The third-order valence-electron chi connectivity index (χ3n) is 12.3. The number of carboxylic acid groups (broad SMARTS) is 2. The molecule has 4 rings (SSSR count). The molecular weight excluding hydrogens is 943 g/mol. The predicted molar refractivity (Wildman–Crippen MR) is 235 cm³/mol. The molecular formula is C42H67N5O21S. The van der Waals surface area contributed by atoms with Crippen molar-refractivity contribution in [3.8, 4) is 0 Å². The number of carboxylic acids is 2. The van der Waals surface area contributed by atoms with Crippen LogP contribution in [0.5, 0.6) is 0 Å². The fraction of sp³-hybridized carbons (Fsp3) is 0.786. The summed E-state index contributed by atoms with van der Waals surface area (Å²) in [6.07, 6.45) is -11.3. The van der Waals surface area contributed by atoms with Crippen LogP contribution >= 0.6 is 0 Å². The van der Waals surface area contributed by atoms with Gasteiger partial charge in [0.05, 0.1) is 6.42 Å². The Labute approximate surface area is 397 Å². The number of aromatic nitrogens is 2. The van der Waals surface area contributed by atoms with E-state index in [4.69, 9.17) is 29.4 Å². The Morgan fingerprint density at radius 2 is 1.54 bits per heavy atom. The summed E-state index contributed by atoms with van der Waals surface area (Å²) in [5, 5.41) is 53.4. The number of carbonyl (C=O) groups excluding carboxylic acids is 3. The molecule has 0 bridgehead atoms. The SMILES string of the molecule is CCCCCCCCCCC[C@@H](CC(=O)O[C@H]1CN(C)[C@H]([C@H](O[C@@H]2O[C@H](CN)[C@@H](O)[C@H]2OS(=O)(=O)O)[C@H]2O[C@@H](n3ccc(=O)[nH]c3=O)[C@H](O)[C@@H]2O)C(=O)N(C)[C@@H]1C(=O)O)OC(=O)C[C@H](C)CC(=O)O. The summed E-state index contributed by atoms with van der Waals surface area (Å²) in [6.45, 7) is 2.61. The Kier molecular flexibility index (Phi) is 21.7. The molecule has 26 nitrogen and oxygen atoms in total. The highest BCUT2D eigenvalue weighted by molar-refractivity contribution is 7.80. The molecule has 0 spiro atoms. The van der Waals surface area contributed by atoms with Gasteiger partial charge >= 0.3 is 40.0 Å². The number of nitrogens with zero attached hydrogens (tertiary/aromatic N) is 3. The van der Waals surface area contributed by atoms with Crippen molar-refractivity contribution in [1.29, 1.82) is 0 Å². The Hall–Kier alpha value is -4.42. The second kappa shape index (κ2) is 26.1. The quantitative estimate of drug-likeness (QED) is 0.0286. The number of rotatable bonds is 27. The highest BCUT2D eigenvalue weighted by atomic mass is 32.3. The van der Waals surface area contributed by atoms with Crippen molar-refractivity contribution >= 4 is 40.2 Å². The second-order valence-electron chi connectivity index (χ2n) is 17.8. The van der Waals surface area contributed by atoms with Gasteiger partial charge < -0.3 is 59.9 Å². The van der Waals surface area contributed by atoms with Gasteiger partial charge in [0.2, 0.25) is 5.91 Å². The predicted octanol–water partition coefficient (Wildman–Crippen LogP) is -1.37. The number of ether oxygens (including phenoxy) is 5. The fourth-order valence-corrected chi connectivity index (χ4v) is 9.31. The standard InChI is InChI=1S/C42H67N5O21S/c1-5-6-7-8-9-10-11-12-13-14-23(63-28(51)18-22(2)17-27(49)50)19-29(52)64-25-21-45(3)31(38(56)46(4)30(25)40(57)58)35(67-41-37(68-69(60,61)62)32(53)24(20-43)65-41)36-33(54)34(55)39(66-36)47-16-15-26(48)44-42(47)59/h15-16,22-25,30-37,39,41,53-55H,5-14,17-21,43H2,1-4H3,(H,49,50)(H,57,58)(H,44,48,59)(H,60,61,62)/t22-,23+,24-,25+,30+,31-,32-,33+,34-,35+,36+,37-,39-,41+/m1/s1. The first kappa shape index (κ1) is 57.2. The number of esters is 2. The second-order valence-corrected chi connectivity index (χ2v) is 18.9. The molecule has 1 amide bonds. The zero-order valence-electron chi connectivity index (χ0n) is 39.0. The Morgan fingerprint density at radius 3 is 2.12 bits per heavy atom. The van der Waals surface area contributed by atoms with E-state index in [2.05, 4.69) is 11.1 Å². The molecule has 3 aliphatic heterocycles. The van der Waals surface area contributed by atoms with E-state index < -0.39 is 156 Å². The van der Waals surface area contributed by atoms with Gasteiger partial charge in [-0.1, -0.05) is 65.2 Å². The number of amides is 1. The molecule has 1 aromatic heterocycles. The lowest BCUT2D eigenvalue weighted by Crippen LogP contribution is -2.60. The monoisotopic (exact) mass is 1010 g/mol. The number of unbranched alkanes of at least 4 members (excludes halogenated alkanes) is 8. The largest absolute Gasteiger partial charge is 0.481 e. The molecule has 0 radical (unpaired) electrons. The molecule has 0 unspecified atom stereocenters. The van der Waals surface area contributed by atoms with E-state index in [0.29, 0.717) is 15.9 Å². The normalized spacial score (nSPS) is 29.0. The van der Waals surface area contributed by atoms with Crippen LogP contribution < -0.4 is 17.0 Å². The number of nitrogens with two attached hydrogens (primary N) is 1. The first-order chi connectivity index (χ1) is 32.5. The molecule has 3 aliphatic rings. The molecule has 27 heteroatoms. The molecule has 4 heterocycles.